The minimum Gasteiger partial charge on any atom is -0.493 e. The summed E-state index contributed by atoms with van der Waals surface area (Å²) in [6.07, 6.45) is 7.29. The Balaban J connectivity index is 1.78. The number of hydrogen-bond donors (Lipinski definition) is 0. The van der Waals surface area contributed by atoms with E-state index in [-0.39, 0.29) is 6.10 Å². The molecule has 0 fully saturated rings. The van der Waals surface area contributed by atoms with Crippen molar-refractivity contribution in [2.24, 2.45) is 0 Å². The Kier molecular flexibility index (Phi) is 7.40. The van der Waals surface area contributed by atoms with Crippen molar-refractivity contribution < 1.29 is 23.7 Å². The van der Waals surface area contributed by atoms with Gasteiger partial charge in [-0.15, -0.1) is 12.3 Å². The summed E-state index contributed by atoms with van der Waals surface area (Å²) in [4.78, 5) is 18.2. The zero-order valence-corrected chi connectivity index (χ0v) is 18.6. The Hall–Kier alpha value is -3.92. The van der Waals surface area contributed by atoms with E-state index in [1.807, 2.05) is 13.0 Å². The first kappa shape index (κ1) is 22.8. The maximum atomic E-state index is 12.4. The van der Waals surface area contributed by atoms with Crippen molar-refractivity contribution in [1.82, 2.24) is 4.98 Å². The molecule has 0 aliphatic heterocycles. The maximum absolute atomic E-state index is 12.4. The number of carbonyl (C=O) groups is 1. The van der Waals surface area contributed by atoms with Gasteiger partial charge in [0, 0.05) is 36.8 Å². The van der Waals surface area contributed by atoms with Crippen LogP contribution < -0.4 is 19.1 Å². The Morgan fingerprint density at radius 3 is 2.41 bits per heavy atom. The van der Waals surface area contributed by atoms with Crippen LogP contribution in [-0.4, -0.2) is 38.4 Å². The third-order valence-corrected chi connectivity index (χ3v) is 5.00. The third-order valence-electron chi connectivity index (χ3n) is 5.00. The van der Waals surface area contributed by atoms with Crippen molar-refractivity contribution in [3.05, 3.63) is 48.7 Å². The number of nitrogens with zero attached hydrogens (tertiary/aromatic N) is 2. The molecular formula is C25H26N2O5. The Morgan fingerprint density at radius 2 is 1.78 bits per heavy atom. The van der Waals surface area contributed by atoms with Gasteiger partial charge in [0.05, 0.1) is 19.7 Å². The molecular weight excluding hydrogens is 408 g/mol. The lowest BCUT2D eigenvalue weighted by atomic mass is 10.2. The van der Waals surface area contributed by atoms with Crippen LogP contribution in [0.3, 0.4) is 0 Å². The first-order valence-electron chi connectivity index (χ1n) is 10.2. The van der Waals surface area contributed by atoms with Crippen LogP contribution in [0.15, 0.2) is 48.7 Å². The molecule has 7 nitrogen and oxygen atoms in total. The lowest BCUT2D eigenvalue weighted by molar-refractivity contribution is 0.105. The fourth-order valence-electron chi connectivity index (χ4n) is 3.13. The minimum absolute atomic E-state index is 0.298. The Bertz CT molecular complexity index is 1120. The summed E-state index contributed by atoms with van der Waals surface area (Å²) >= 11 is 0. The van der Waals surface area contributed by atoms with Gasteiger partial charge in [0.15, 0.2) is 11.5 Å². The number of rotatable bonds is 8. The van der Waals surface area contributed by atoms with E-state index in [1.165, 1.54) is 4.90 Å². The normalized spacial score (nSPS) is 11.3. The number of amides is 1. The van der Waals surface area contributed by atoms with Gasteiger partial charge in [0.25, 0.3) is 0 Å². The molecule has 0 bridgehead atoms. The van der Waals surface area contributed by atoms with Crippen LogP contribution in [0.25, 0.3) is 10.9 Å². The fourth-order valence-corrected chi connectivity index (χ4v) is 3.13. The van der Waals surface area contributed by atoms with Crippen LogP contribution in [0.5, 0.6) is 23.0 Å². The number of fused-ring (bicyclic) bond motifs is 1. The van der Waals surface area contributed by atoms with Crippen LogP contribution in [-0.2, 0) is 4.74 Å². The second-order valence-corrected chi connectivity index (χ2v) is 7.01. The number of hydrogen-bond acceptors (Lipinski definition) is 6. The summed E-state index contributed by atoms with van der Waals surface area (Å²) in [6, 6.07) is 12.5. The predicted octanol–water partition coefficient (Wildman–Crippen LogP) is 5.42. The van der Waals surface area contributed by atoms with Gasteiger partial charge in [-0.2, -0.15) is 0 Å². The molecule has 0 aliphatic rings. The van der Waals surface area contributed by atoms with Gasteiger partial charge >= 0.3 is 6.09 Å². The number of carbonyl (C=O) groups excluding carboxylic acids is 1. The van der Waals surface area contributed by atoms with Gasteiger partial charge in [-0.1, -0.05) is 6.92 Å². The summed E-state index contributed by atoms with van der Waals surface area (Å²) in [5.41, 5.74) is 1.39. The van der Waals surface area contributed by atoms with E-state index >= 15 is 0 Å². The molecule has 32 heavy (non-hydrogen) atoms. The van der Waals surface area contributed by atoms with E-state index in [2.05, 4.69) is 10.9 Å². The molecule has 2 aromatic carbocycles. The number of ether oxygens (including phenoxy) is 4. The van der Waals surface area contributed by atoms with E-state index < -0.39 is 6.09 Å². The number of benzene rings is 2. The molecule has 166 valence electrons. The summed E-state index contributed by atoms with van der Waals surface area (Å²) in [6.45, 7) is 1.93. The van der Waals surface area contributed by atoms with Crippen molar-refractivity contribution in [3.8, 4) is 35.3 Å². The first-order valence-corrected chi connectivity index (χ1v) is 10.2. The van der Waals surface area contributed by atoms with Crippen molar-refractivity contribution in [3.63, 3.8) is 0 Å². The molecule has 7 heteroatoms. The largest absolute Gasteiger partial charge is 0.493 e. The topological polar surface area (TPSA) is 70.1 Å². The molecule has 1 aromatic heterocycles. The molecule has 0 aliphatic carbocycles. The van der Waals surface area contributed by atoms with Gasteiger partial charge in [0.2, 0.25) is 0 Å². The molecule has 1 heterocycles. The number of aromatic nitrogens is 1. The van der Waals surface area contributed by atoms with Crippen molar-refractivity contribution in [2.45, 2.75) is 25.9 Å². The van der Waals surface area contributed by atoms with E-state index in [1.54, 1.807) is 63.9 Å². The molecule has 0 N–H and O–H groups in total. The number of terminal acetylenes is 1. The second-order valence-electron chi connectivity index (χ2n) is 7.01. The quantitative estimate of drug-likeness (QED) is 0.441. The molecule has 1 amide bonds. The fraction of sp³-hybridized carbons (Fsp3) is 0.280. The number of anilines is 1. The number of pyridine rings is 1. The van der Waals surface area contributed by atoms with Crippen LogP contribution in [0.4, 0.5) is 10.5 Å². The highest BCUT2D eigenvalue weighted by atomic mass is 16.6. The van der Waals surface area contributed by atoms with Crippen LogP contribution in [0, 0.1) is 12.3 Å². The molecule has 0 radical (unpaired) electrons. The zero-order valence-electron chi connectivity index (χ0n) is 18.6. The zero-order chi connectivity index (χ0) is 23.1. The summed E-state index contributed by atoms with van der Waals surface area (Å²) in [7, 11) is 4.81. The molecule has 0 spiro atoms. The smallest absolute Gasteiger partial charge is 0.414 e. The summed E-state index contributed by atoms with van der Waals surface area (Å²) in [5, 5.41) is 0.786. The molecule has 0 saturated heterocycles. The first-order chi connectivity index (χ1) is 15.5. The maximum Gasteiger partial charge on any atom is 0.414 e. The monoisotopic (exact) mass is 434 g/mol. The molecule has 1 unspecified atom stereocenters. The lowest BCUT2D eigenvalue weighted by Crippen LogP contribution is -2.30. The van der Waals surface area contributed by atoms with Crippen LogP contribution >= 0.6 is 0 Å². The van der Waals surface area contributed by atoms with Gasteiger partial charge in [0.1, 0.15) is 17.6 Å². The van der Waals surface area contributed by atoms with E-state index in [0.29, 0.717) is 41.5 Å². The van der Waals surface area contributed by atoms with Crippen LogP contribution in [0.1, 0.15) is 19.8 Å². The molecule has 3 rings (SSSR count). The van der Waals surface area contributed by atoms with Gasteiger partial charge in [-0.3, -0.25) is 9.88 Å². The van der Waals surface area contributed by atoms with Crippen molar-refractivity contribution >= 4 is 22.7 Å². The molecule has 1 atom stereocenters. The summed E-state index contributed by atoms with van der Waals surface area (Å²) in [5.74, 6) is 4.94. The Morgan fingerprint density at radius 1 is 1.09 bits per heavy atom. The average molecular weight is 434 g/mol. The Labute approximate surface area is 187 Å². The highest BCUT2D eigenvalue weighted by Gasteiger charge is 2.17. The van der Waals surface area contributed by atoms with Crippen LogP contribution in [0.2, 0.25) is 0 Å². The second kappa shape index (κ2) is 10.4. The highest BCUT2D eigenvalue weighted by molar-refractivity contribution is 5.89. The highest BCUT2D eigenvalue weighted by Crippen LogP contribution is 2.37. The van der Waals surface area contributed by atoms with Gasteiger partial charge in [-0.05, 0) is 42.8 Å². The van der Waals surface area contributed by atoms with E-state index in [4.69, 9.17) is 25.4 Å². The van der Waals surface area contributed by atoms with Crippen molar-refractivity contribution in [2.75, 3.05) is 26.2 Å². The lowest BCUT2D eigenvalue weighted by Gasteiger charge is -2.21. The van der Waals surface area contributed by atoms with Crippen molar-refractivity contribution in [1.29, 1.82) is 0 Å². The molecule has 3 aromatic rings. The van der Waals surface area contributed by atoms with E-state index in [9.17, 15) is 4.79 Å². The average Bonchev–Trinajstić information content (AvgIpc) is 2.83. The van der Waals surface area contributed by atoms with E-state index in [0.717, 1.165) is 10.9 Å². The SMILES string of the molecule is C#CCC(CC)OC(=O)N(C)c1ccc(Oc2ccnc3cc(OC)c(OC)cc23)cc1. The predicted molar refractivity (Wildman–Crippen MR) is 124 cm³/mol. The van der Waals surface area contributed by atoms with Gasteiger partial charge < -0.3 is 18.9 Å². The standard InChI is InChI=1S/C25H26N2O5/c1-6-8-18(7-2)32-25(28)27(3)17-9-11-19(12-10-17)31-22-13-14-26-21-16-24(30-5)23(29-4)15-20(21)22/h1,9-16,18H,7-8H2,2-5H3. The summed E-state index contributed by atoms with van der Waals surface area (Å²) < 4.78 is 22.3. The molecule has 0 saturated carbocycles. The minimum atomic E-state index is -0.457. The number of methoxy groups -OCH3 is 2. The van der Waals surface area contributed by atoms with Gasteiger partial charge in [-0.25, -0.2) is 4.79 Å². The third kappa shape index (κ3) is 5.03.